The summed E-state index contributed by atoms with van der Waals surface area (Å²) >= 11 is 0. The van der Waals surface area contributed by atoms with Crippen molar-refractivity contribution in [1.29, 1.82) is 0 Å². The fourth-order valence-corrected chi connectivity index (χ4v) is 4.64. The molecule has 2 aromatic carbocycles. The Labute approximate surface area is 160 Å². The van der Waals surface area contributed by atoms with Crippen molar-refractivity contribution < 1.29 is 9.18 Å². The van der Waals surface area contributed by atoms with Gasteiger partial charge < -0.3 is 4.90 Å². The molecule has 1 spiro atoms. The first-order valence-electron chi connectivity index (χ1n) is 9.87. The van der Waals surface area contributed by atoms with Gasteiger partial charge in [0, 0.05) is 31.7 Å². The Bertz CT molecular complexity index is 837. The number of hydrogen-bond acceptors (Lipinski definition) is 2. The minimum atomic E-state index is -0.286. The minimum Gasteiger partial charge on any atom is -0.338 e. The second-order valence-corrected chi connectivity index (χ2v) is 8.09. The first-order chi connectivity index (χ1) is 13.1. The maximum atomic E-state index is 14.0. The van der Waals surface area contributed by atoms with Gasteiger partial charge in [0.15, 0.2) is 0 Å². The van der Waals surface area contributed by atoms with E-state index in [-0.39, 0.29) is 17.1 Å². The molecule has 2 aliphatic heterocycles. The number of carbonyl (C=O) groups excluding carboxylic acids is 1. The summed E-state index contributed by atoms with van der Waals surface area (Å²) in [6.07, 6.45) is 2.85. The molecule has 4 rings (SSSR count). The number of benzene rings is 2. The molecule has 1 amide bonds. The molecule has 0 saturated carbocycles. The third-order valence-electron chi connectivity index (χ3n) is 6.23. The Hall–Kier alpha value is -2.20. The number of carbonyl (C=O) groups is 1. The number of rotatable bonds is 4. The van der Waals surface area contributed by atoms with Crippen LogP contribution in [0.25, 0.3) is 0 Å². The van der Waals surface area contributed by atoms with Crippen LogP contribution in [0, 0.1) is 18.2 Å². The first-order valence-corrected chi connectivity index (χ1v) is 9.87. The SMILES string of the molecule is Cc1ccccc1CN1CC[C@]2(CCCN(Cc3ccccc3F)C2=O)C1. The quantitative estimate of drug-likeness (QED) is 0.812. The van der Waals surface area contributed by atoms with E-state index in [0.717, 1.165) is 45.4 Å². The second kappa shape index (κ2) is 7.43. The monoisotopic (exact) mass is 366 g/mol. The molecule has 0 bridgehead atoms. The summed E-state index contributed by atoms with van der Waals surface area (Å²) in [4.78, 5) is 17.6. The van der Waals surface area contributed by atoms with E-state index in [9.17, 15) is 9.18 Å². The highest BCUT2D eigenvalue weighted by Gasteiger charge is 2.48. The Morgan fingerprint density at radius 3 is 2.48 bits per heavy atom. The van der Waals surface area contributed by atoms with Crippen LogP contribution in [0.2, 0.25) is 0 Å². The summed E-state index contributed by atoms with van der Waals surface area (Å²) in [5.41, 5.74) is 2.96. The number of halogens is 1. The zero-order valence-electron chi connectivity index (χ0n) is 16.0. The Balaban J connectivity index is 1.46. The summed E-state index contributed by atoms with van der Waals surface area (Å²) in [5.74, 6) is -0.0122. The molecular formula is C23H27FN2O. The zero-order valence-corrected chi connectivity index (χ0v) is 16.0. The average molecular weight is 366 g/mol. The van der Waals surface area contributed by atoms with Crippen molar-refractivity contribution in [2.24, 2.45) is 5.41 Å². The van der Waals surface area contributed by atoms with Crippen LogP contribution in [0.1, 0.15) is 36.0 Å². The maximum absolute atomic E-state index is 14.0. The molecular weight excluding hydrogens is 339 g/mol. The fraction of sp³-hybridized carbons (Fsp3) is 0.435. The zero-order chi connectivity index (χ0) is 18.9. The average Bonchev–Trinajstić information content (AvgIpc) is 3.06. The lowest BCUT2D eigenvalue weighted by atomic mass is 9.78. The van der Waals surface area contributed by atoms with Crippen molar-refractivity contribution in [3.05, 3.63) is 71.0 Å². The summed E-state index contributed by atoms with van der Waals surface area (Å²) < 4.78 is 14.0. The van der Waals surface area contributed by atoms with Crippen LogP contribution in [0.4, 0.5) is 4.39 Å². The maximum Gasteiger partial charge on any atom is 0.230 e. The van der Waals surface area contributed by atoms with E-state index in [1.165, 1.54) is 17.2 Å². The van der Waals surface area contributed by atoms with Gasteiger partial charge in [0.1, 0.15) is 5.82 Å². The van der Waals surface area contributed by atoms with E-state index in [0.29, 0.717) is 12.1 Å². The molecule has 4 heteroatoms. The largest absolute Gasteiger partial charge is 0.338 e. The third kappa shape index (κ3) is 3.63. The second-order valence-electron chi connectivity index (χ2n) is 8.09. The number of amides is 1. The van der Waals surface area contributed by atoms with Gasteiger partial charge in [-0.15, -0.1) is 0 Å². The van der Waals surface area contributed by atoms with Gasteiger partial charge in [-0.1, -0.05) is 42.5 Å². The lowest BCUT2D eigenvalue weighted by Gasteiger charge is -2.39. The van der Waals surface area contributed by atoms with Crippen LogP contribution in [0.5, 0.6) is 0 Å². The molecule has 2 heterocycles. The van der Waals surface area contributed by atoms with E-state index in [2.05, 4.69) is 36.1 Å². The van der Waals surface area contributed by atoms with Crippen molar-refractivity contribution in [3.8, 4) is 0 Å². The highest BCUT2D eigenvalue weighted by molar-refractivity contribution is 5.84. The van der Waals surface area contributed by atoms with Gasteiger partial charge in [0.25, 0.3) is 0 Å². The third-order valence-corrected chi connectivity index (χ3v) is 6.23. The van der Waals surface area contributed by atoms with Crippen LogP contribution < -0.4 is 0 Å². The molecule has 142 valence electrons. The summed E-state index contributed by atoms with van der Waals surface area (Å²) in [5, 5.41) is 0. The predicted octanol–water partition coefficient (Wildman–Crippen LogP) is 4.15. The Morgan fingerprint density at radius 1 is 0.963 bits per heavy atom. The van der Waals surface area contributed by atoms with Crippen LogP contribution in [-0.4, -0.2) is 35.3 Å². The molecule has 0 unspecified atom stereocenters. The Morgan fingerprint density at radius 2 is 1.70 bits per heavy atom. The van der Waals surface area contributed by atoms with E-state index < -0.39 is 0 Å². The van der Waals surface area contributed by atoms with Gasteiger partial charge in [-0.2, -0.15) is 0 Å². The Kier molecular flexibility index (Phi) is 5.00. The molecule has 2 saturated heterocycles. The van der Waals surface area contributed by atoms with Gasteiger partial charge in [-0.05, 0) is 49.9 Å². The number of aryl methyl sites for hydroxylation is 1. The summed E-state index contributed by atoms with van der Waals surface area (Å²) in [7, 11) is 0. The molecule has 0 N–H and O–H groups in total. The standard InChI is InChI=1S/C23H27FN2O/c1-18-7-2-3-8-19(18)15-25-14-12-23(17-25)11-6-13-26(22(23)27)16-20-9-4-5-10-21(20)24/h2-5,7-10H,6,11-17H2,1H3/t23-/m1/s1. The number of nitrogens with zero attached hydrogens (tertiary/aromatic N) is 2. The van der Waals surface area contributed by atoms with Gasteiger partial charge in [-0.25, -0.2) is 4.39 Å². The fourth-order valence-electron chi connectivity index (χ4n) is 4.64. The highest BCUT2D eigenvalue weighted by atomic mass is 19.1. The van der Waals surface area contributed by atoms with Crippen molar-refractivity contribution in [3.63, 3.8) is 0 Å². The van der Waals surface area contributed by atoms with Crippen LogP contribution >= 0.6 is 0 Å². The molecule has 0 aromatic heterocycles. The molecule has 3 nitrogen and oxygen atoms in total. The smallest absolute Gasteiger partial charge is 0.230 e. The van der Waals surface area contributed by atoms with E-state index >= 15 is 0 Å². The van der Waals surface area contributed by atoms with Crippen molar-refractivity contribution in [2.75, 3.05) is 19.6 Å². The highest BCUT2D eigenvalue weighted by Crippen LogP contribution is 2.41. The van der Waals surface area contributed by atoms with Crippen LogP contribution in [0.15, 0.2) is 48.5 Å². The molecule has 0 radical (unpaired) electrons. The van der Waals surface area contributed by atoms with Crippen molar-refractivity contribution in [1.82, 2.24) is 9.80 Å². The van der Waals surface area contributed by atoms with Crippen LogP contribution in [-0.2, 0) is 17.9 Å². The molecule has 2 fully saturated rings. The molecule has 2 aliphatic rings. The van der Waals surface area contributed by atoms with Crippen molar-refractivity contribution >= 4 is 5.91 Å². The van der Waals surface area contributed by atoms with Gasteiger partial charge in [-0.3, -0.25) is 9.69 Å². The van der Waals surface area contributed by atoms with Crippen molar-refractivity contribution in [2.45, 2.75) is 39.3 Å². The van der Waals surface area contributed by atoms with E-state index in [4.69, 9.17) is 0 Å². The number of piperidine rings is 1. The summed E-state index contributed by atoms with van der Waals surface area (Å²) in [6.45, 7) is 5.91. The first kappa shape index (κ1) is 18.2. The molecule has 0 aliphatic carbocycles. The predicted molar refractivity (Wildman–Crippen MR) is 105 cm³/mol. The molecule has 27 heavy (non-hydrogen) atoms. The van der Waals surface area contributed by atoms with Gasteiger partial charge >= 0.3 is 0 Å². The normalized spacial score (nSPS) is 23.3. The molecule has 1 atom stereocenters. The number of likely N-dealkylation sites (tertiary alicyclic amines) is 2. The summed E-state index contributed by atoms with van der Waals surface area (Å²) in [6, 6.07) is 15.2. The minimum absolute atomic E-state index is 0.212. The number of hydrogen-bond donors (Lipinski definition) is 0. The lowest BCUT2D eigenvalue weighted by Crippen LogP contribution is -2.49. The van der Waals surface area contributed by atoms with Gasteiger partial charge in [0.2, 0.25) is 5.91 Å². The lowest BCUT2D eigenvalue weighted by molar-refractivity contribution is -0.146. The molecule has 2 aromatic rings. The van der Waals surface area contributed by atoms with E-state index in [1.807, 2.05) is 11.0 Å². The topological polar surface area (TPSA) is 23.6 Å². The van der Waals surface area contributed by atoms with E-state index in [1.54, 1.807) is 12.1 Å². The van der Waals surface area contributed by atoms with Crippen LogP contribution in [0.3, 0.4) is 0 Å². The van der Waals surface area contributed by atoms with Gasteiger partial charge in [0.05, 0.1) is 5.41 Å².